The Morgan fingerprint density at radius 1 is 1.14 bits per heavy atom. The first kappa shape index (κ1) is 17.1. The van der Waals surface area contributed by atoms with Crippen molar-refractivity contribution in [1.29, 1.82) is 0 Å². The molecule has 0 aromatic heterocycles. The molecule has 1 aromatic carbocycles. The van der Waals surface area contributed by atoms with Gasteiger partial charge in [-0.3, -0.25) is 4.90 Å². The van der Waals surface area contributed by atoms with Crippen LogP contribution in [0.4, 0.5) is 5.69 Å². The zero-order valence-corrected chi connectivity index (χ0v) is 15.1. The first-order valence-corrected chi connectivity index (χ1v) is 8.78. The van der Waals surface area contributed by atoms with Crippen LogP contribution in [0.2, 0.25) is 0 Å². The van der Waals surface area contributed by atoms with Gasteiger partial charge in [-0.15, -0.1) is 0 Å². The van der Waals surface area contributed by atoms with Gasteiger partial charge in [-0.2, -0.15) is 0 Å². The Bertz CT molecular complexity index is 527. The van der Waals surface area contributed by atoms with E-state index in [9.17, 15) is 0 Å². The maximum Gasteiger partial charge on any atom is 0.0453 e. The van der Waals surface area contributed by atoms with Crippen LogP contribution in [0.1, 0.15) is 58.6 Å². The van der Waals surface area contributed by atoms with Gasteiger partial charge >= 0.3 is 0 Å². The molecular weight excluding hydrogens is 268 g/mol. The largest absolute Gasteiger partial charge is 0.345 e. The minimum atomic E-state index is 0.0524. The van der Waals surface area contributed by atoms with Crippen LogP contribution in [-0.4, -0.2) is 24.5 Å². The summed E-state index contributed by atoms with van der Waals surface area (Å²) in [6.45, 7) is 20.0. The fraction of sp³-hybridized carbons (Fsp3) is 0.600. The summed E-state index contributed by atoms with van der Waals surface area (Å²) in [6, 6.07) is 7.02. The topological polar surface area (TPSA) is 6.48 Å². The highest BCUT2D eigenvalue weighted by atomic mass is 15.2. The van der Waals surface area contributed by atoms with Gasteiger partial charge in [0.25, 0.3) is 0 Å². The second-order valence-corrected chi connectivity index (χ2v) is 6.89. The monoisotopic (exact) mass is 300 g/mol. The number of benzene rings is 1. The van der Waals surface area contributed by atoms with E-state index in [1.54, 1.807) is 0 Å². The predicted molar refractivity (Wildman–Crippen MR) is 97.5 cm³/mol. The van der Waals surface area contributed by atoms with E-state index in [1.165, 1.54) is 35.4 Å². The maximum absolute atomic E-state index is 4.39. The molecule has 1 heterocycles. The van der Waals surface area contributed by atoms with Gasteiger partial charge in [0, 0.05) is 29.9 Å². The first-order valence-electron chi connectivity index (χ1n) is 8.78. The lowest BCUT2D eigenvalue weighted by Gasteiger charge is -2.25. The van der Waals surface area contributed by atoms with Crippen LogP contribution in [0, 0.1) is 0 Å². The summed E-state index contributed by atoms with van der Waals surface area (Å²) in [6.07, 6.45) is 2.44. The van der Waals surface area contributed by atoms with Crippen molar-refractivity contribution in [3.05, 3.63) is 41.6 Å². The zero-order valence-electron chi connectivity index (χ0n) is 15.1. The fourth-order valence-electron chi connectivity index (χ4n) is 3.34. The molecule has 1 aliphatic rings. The molecule has 0 fully saturated rings. The molecule has 0 saturated heterocycles. The van der Waals surface area contributed by atoms with E-state index < -0.39 is 0 Å². The molecule has 0 atom stereocenters. The third-order valence-electron chi connectivity index (χ3n) is 5.11. The van der Waals surface area contributed by atoms with Crippen molar-refractivity contribution in [1.82, 2.24) is 4.90 Å². The van der Waals surface area contributed by atoms with E-state index in [0.29, 0.717) is 0 Å². The SMILES string of the molecule is C=C1N(CCCC)c2cc(CN(CC)CC)ccc2C1(C)C. The minimum Gasteiger partial charge on any atom is -0.345 e. The average molecular weight is 300 g/mol. The van der Waals surface area contributed by atoms with Crippen molar-refractivity contribution >= 4 is 5.69 Å². The number of allylic oxidation sites excluding steroid dienone is 1. The molecule has 122 valence electrons. The van der Waals surface area contributed by atoms with Crippen LogP contribution < -0.4 is 4.90 Å². The lowest BCUT2D eigenvalue weighted by Crippen LogP contribution is -2.26. The molecule has 0 aliphatic carbocycles. The molecule has 22 heavy (non-hydrogen) atoms. The Morgan fingerprint density at radius 2 is 1.82 bits per heavy atom. The summed E-state index contributed by atoms with van der Waals surface area (Å²) in [7, 11) is 0. The van der Waals surface area contributed by atoms with Gasteiger partial charge in [0.1, 0.15) is 0 Å². The summed E-state index contributed by atoms with van der Waals surface area (Å²) in [5, 5.41) is 0. The second-order valence-electron chi connectivity index (χ2n) is 6.89. The maximum atomic E-state index is 4.39. The Morgan fingerprint density at radius 3 is 2.41 bits per heavy atom. The van der Waals surface area contributed by atoms with E-state index >= 15 is 0 Å². The zero-order chi connectivity index (χ0) is 16.3. The normalized spacial score (nSPS) is 16.5. The van der Waals surface area contributed by atoms with Gasteiger partial charge in [0.05, 0.1) is 0 Å². The summed E-state index contributed by atoms with van der Waals surface area (Å²) < 4.78 is 0. The molecular formula is C20H32N2. The van der Waals surface area contributed by atoms with Crippen molar-refractivity contribution in [2.24, 2.45) is 0 Å². The Balaban J connectivity index is 2.33. The van der Waals surface area contributed by atoms with Crippen LogP contribution in [0.5, 0.6) is 0 Å². The molecule has 2 heteroatoms. The summed E-state index contributed by atoms with van der Waals surface area (Å²) in [4.78, 5) is 4.91. The van der Waals surface area contributed by atoms with Crippen LogP contribution >= 0.6 is 0 Å². The Kier molecular flexibility index (Phi) is 5.33. The third kappa shape index (κ3) is 3.08. The molecule has 0 radical (unpaired) electrons. The summed E-state index contributed by atoms with van der Waals surface area (Å²) >= 11 is 0. The summed E-state index contributed by atoms with van der Waals surface area (Å²) in [5.41, 5.74) is 5.52. The lowest BCUT2D eigenvalue weighted by molar-refractivity contribution is 0.296. The second kappa shape index (κ2) is 6.87. The van der Waals surface area contributed by atoms with Crippen molar-refractivity contribution in [2.75, 3.05) is 24.5 Å². The predicted octanol–water partition coefficient (Wildman–Crippen LogP) is 4.94. The van der Waals surface area contributed by atoms with Crippen molar-refractivity contribution in [3.63, 3.8) is 0 Å². The summed E-state index contributed by atoms with van der Waals surface area (Å²) in [5.74, 6) is 0. The molecule has 1 aromatic rings. The fourth-order valence-corrected chi connectivity index (χ4v) is 3.34. The highest BCUT2D eigenvalue weighted by Gasteiger charge is 2.38. The van der Waals surface area contributed by atoms with Crippen molar-refractivity contribution in [2.45, 2.75) is 59.4 Å². The van der Waals surface area contributed by atoms with Gasteiger partial charge < -0.3 is 4.90 Å². The van der Waals surface area contributed by atoms with Crippen LogP contribution in [-0.2, 0) is 12.0 Å². The number of fused-ring (bicyclic) bond motifs is 1. The lowest BCUT2D eigenvalue weighted by atomic mass is 9.84. The third-order valence-corrected chi connectivity index (χ3v) is 5.11. The van der Waals surface area contributed by atoms with Crippen LogP contribution in [0.3, 0.4) is 0 Å². The molecule has 1 aliphatic heterocycles. The van der Waals surface area contributed by atoms with Gasteiger partial charge in [-0.05, 0) is 36.7 Å². The number of hydrogen-bond acceptors (Lipinski definition) is 2. The number of unbranched alkanes of at least 4 members (excludes halogenated alkanes) is 1. The quantitative estimate of drug-likeness (QED) is 0.703. The average Bonchev–Trinajstić information content (AvgIpc) is 2.70. The molecule has 0 spiro atoms. The van der Waals surface area contributed by atoms with Gasteiger partial charge in [0.15, 0.2) is 0 Å². The molecule has 2 nitrogen and oxygen atoms in total. The first-order chi connectivity index (χ1) is 10.5. The highest BCUT2D eigenvalue weighted by molar-refractivity contribution is 5.70. The van der Waals surface area contributed by atoms with Crippen LogP contribution in [0.15, 0.2) is 30.5 Å². The number of nitrogens with zero attached hydrogens (tertiary/aromatic N) is 2. The standard InChI is InChI=1S/C20H32N2/c1-7-10-13-22-16(4)20(5,6)18-12-11-17(14-19(18)22)15-21(8-2)9-3/h11-12,14H,4,7-10,13,15H2,1-3,5-6H3. The van der Waals surface area contributed by atoms with E-state index in [-0.39, 0.29) is 5.41 Å². The van der Waals surface area contributed by atoms with Gasteiger partial charge in [-0.25, -0.2) is 0 Å². The molecule has 0 amide bonds. The number of anilines is 1. The van der Waals surface area contributed by atoms with E-state index in [4.69, 9.17) is 0 Å². The molecule has 0 unspecified atom stereocenters. The van der Waals surface area contributed by atoms with E-state index in [1.807, 2.05) is 0 Å². The van der Waals surface area contributed by atoms with Gasteiger partial charge in [-0.1, -0.05) is 59.8 Å². The van der Waals surface area contributed by atoms with Gasteiger partial charge in [0.2, 0.25) is 0 Å². The van der Waals surface area contributed by atoms with E-state index in [0.717, 1.165) is 26.2 Å². The molecule has 0 saturated carbocycles. The van der Waals surface area contributed by atoms with Crippen molar-refractivity contribution in [3.8, 4) is 0 Å². The number of hydrogen-bond donors (Lipinski definition) is 0. The molecule has 0 bridgehead atoms. The molecule has 0 N–H and O–H groups in total. The Labute approximate surface area is 136 Å². The number of rotatable bonds is 7. The van der Waals surface area contributed by atoms with Crippen LogP contribution in [0.25, 0.3) is 0 Å². The molecule has 2 rings (SSSR count). The van der Waals surface area contributed by atoms with E-state index in [2.05, 4.69) is 69.2 Å². The minimum absolute atomic E-state index is 0.0524. The smallest absolute Gasteiger partial charge is 0.0453 e. The highest BCUT2D eigenvalue weighted by Crippen LogP contribution is 2.47. The Hall–Kier alpha value is -1.28. The van der Waals surface area contributed by atoms with Crippen molar-refractivity contribution < 1.29 is 0 Å².